The fraction of sp³-hybridized carbons (Fsp3) is 0.500. The van der Waals surface area contributed by atoms with E-state index in [1.165, 1.54) is 0 Å². The molecule has 1 unspecified atom stereocenters. The van der Waals surface area contributed by atoms with Crippen molar-refractivity contribution in [3.8, 4) is 0 Å². The van der Waals surface area contributed by atoms with E-state index in [2.05, 4.69) is 19.2 Å². The first-order valence-electron chi connectivity index (χ1n) is 6.14. The third-order valence-electron chi connectivity index (χ3n) is 2.79. The lowest BCUT2D eigenvalue weighted by molar-refractivity contribution is -0.138. The first-order valence-corrected chi connectivity index (χ1v) is 6.14. The predicted octanol–water partition coefficient (Wildman–Crippen LogP) is 3.48. The van der Waals surface area contributed by atoms with Crippen LogP contribution >= 0.6 is 0 Å². The molecule has 0 spiro atoms. The third kappa shape index (κ3) is 3.77. The Morgan fingerprint density at radius 1 is 1.35 bits per heavy atom. The van der Waals surface area contributed by atoms with Gasteiger partial charge < -0.3 is 10.4 Å². The number of aliphatic carboxylic acids is 1. The fourth-order valence-electron chi connectivity index (χ4n) is 1.87. The van der Waals surface area contributed by atoms with Gasteiger partial charge in [-0.2, -0.15) is 0 Å². The molecule has 94 valence electrons. The number of para-hydroxylation sites is 1. The van der Waals surface area contributed by atoms with Crippen molar-refractivity contribution in [3.05, 3.63) is 29.8 Å². The highest BCUT2D eigenvalue weighted by Gasteiger charge is 2.17. The van der Waals surface area contributed by atoms with Gasteiger partial charge in [0, 0.05) is 5.69 Å². The Hall–Kier alpha value is -1.51. The molecule has 3 heteroatoms. The van der Waals surface area contributed by atoms with E-state index in [-0.39, 0.29) is 0 Å². The van der Waals surface area contributed by atoms with E-state index >= 15 is 0 Å². The average molecular weight is 235 g/mol. The summed E-state index contributed by atoms with van der Waals surface area (Å²) in [6.45, 7) is 6.21. The molecule has 0 fully saturated rings. The number of carbonyl (C=O) groups is 1. The van der Waals surface area contributed by atoms with Gasteiger partial charge in [0.25, 0.3) is 0 Å². The van der Waals surface area contributed by atoms with Gasteiger partial charge in [-0.3, -0.25) is 0 Å². The summed E-state index contributed by atoms with van der Waals surface area (Å²) in [7, 11) is 0. The second kappa shape index (κ2) is 6.28. The predicted molar refractivity (Wildman–Crippen MR) is 70.5 cm³/mol. The van der Waals surface area contributed by atoms with Crippen LogP contribution in [0.1, 0.15) is 45.1 Å². The topological polar surface area (TPSA) is 49.3 Å². The van der Waals surface area contributed by atoms with E-state index in [9.17, 15) is 4.79 Å². The van der Waals surface area contributed by atoms with Gasteiger partial charge in [0.05, 0.1) is 0 Å². The van der Waals surface area contributed by atoms with Gasteiger partial charge in [-0.05, 0) is 24.0 Å². The SMILES string of the molecule is CCCC(Nc1ccccc1C(C)C)C(=O)O. The second-order valence-electron chi connectivity index (χ2n) is 4.57. The van der Waals surface area contributed by atoms with Crippen LogP contribution in [0, 0.1) is 0 Å². The van der Waals surface area contributed by atoms with Crippen molar-refractivity contribution in [1.29, 1.82) is 0 Å². The molecule has 0 amide bonds. The van der Waals surface area contributed by atoms with Crippen LogP contribution < -0.4 is 5.32 Å². The zero-order chi connectivity index (χ0) is 12.8. The number of carboxylic acids is 1. The summed E-state index contributed by atoms with van der Waals surface area (Å²) in [6.07, 6.45) is 1.50. The highest BCUT2D eigenvalue weighted by molar-refractivity contribution is 5.77. The molecule has 17 heavy (non-hydrogen) atoms. The zero-order valence-electron chi connectivity index (χ0n) is 10.7. The maximum Gasteiger partial charge on any atom is 0.326 e. The van der Waals surface area contributed by atoms with Gasteiger partial charge in [0.2, 0.25) is 0 Å². The molecule has 0 aliphatic carbocycles. The summed E-state index contributed by atoms with van der Waals surface area (Å²) in [5.41, 5.74) is 2.10. The second-order valence-corrected chi connectivity index (χ2v) is 4.57. The molecular weight excluding hydrogens is 214 g/mol. The number of rotatable bonds is 6. The standard InChI is InChI=1S/C14H21NO2/c1-4-7-13(14(16)17)15-12-9-6-5-8-11(12)10(2)3/h5-6,8-10,13,15H,4,7H2,1-3H3,(H,16,17). The van der Waals surface area contributed by atoms with Gasteiger partial charge in [0.15, 0.2) is 0 Å². The fourth-order valence-corrected chi connectivity index (χ4v) is 1.87. The number of carboxylic acid groups (broad SMARTS) is 1. The van der Waals surface area contributed by atoms with Crippen LogP contribution in [-0.2, 0) is 4.79 Å². The van der Waals surface area contributed by atoms with Gasteiger partial charge in [-0.25, -0.2) is 4.79 Å². The lowest BCUT2D eigenvalue weighted by atomic mass is 10.0. The van der Waals surface area contributed by atoms with Crippen molar-refractivity contribution in [3.63, 3.8) is 0 Å². The largest absolute Gasteiger partial charge is 0.480 e. The molecule has 0 aromatic heterocycles. The summed E-state index contributed by atoms with van der Waals surface area (Å²) >= 11 is 0. The van der Waals surface area contributed by atoms with Crippen LogP contribution in [0.3, 0.4) is 0 Å². The van der Waals surface area contributed by atoms with Crippen molar-refractivity contribution < 1.29 is 9.90 Å². The Kier molecular flexibility index (Phi) is 5.01. The highest BCUT2D eigenvalue weighted by atomic mass is 16.4. The van der Waals surface area contributed by atoms with Crippen molar-refractivity contribution in [2.24, 2.45) is 0 Å². The van der Waals surface area contributed by atoms with Gasteiger partial charge in [-0.15, -0.1) is 0 Å². The molecule has 0 bridgehead atoms. The zero-order valence-corrected chi connectivity index (χ0v) is 10.7. The smallest absolute Gasteiger partial charge is 0.326 e. The molecule has 1 rings (SSSR count). The summed E-state index contributed by atoms with van der Waals surface area (Å²) in [4.78, 5) is 11.1. The highest BCUT2D eigenvalue weighted by Crippen LogP contribution is 2.24. The first kappa shape index (κ1) is 13.6. The van der Waals surface area contributed by atoms with Crippen molar-refractivity contribution >= 4 is 11.7 Å². The van der Waals surface area contributed by atoms with E-state index in [1.54, 1.807) is 0 Å². The lowest BCUT2D eigenvalue weighted by Crippen LogP contribution is -2.29. The van der Waals surface area contributed by atoms with Crippen molar-refractivity contribution in [2.45, 2.75) is 45.6 Å². The quantitative estimate of drug-likeness (QED) is 0.793. The number of benzene rings is 1. The van der Waals surface area contributed by atoms with Crippen LogP contribution in [0.25, 0.3) is 0 Å². The molecule has 3 nitrogen and oxygen atoms in total. The van der Waals surface area contributed by atoms with Crippen molar-refractivity contribution in [1.82, 2.24) is 0 Å². The monoisotopic (exact) mass is 235 g/mol. The van der Waals surface area contributed by atoms with E-state index in [4.69, 9.17) is 5.11 Å². The number of anilines is 1. The third-order valence-corrected chi connectivity index (χ3v) is 2.79. The summed E-state index contributed by atoms with van der Waals surface area (Å²) in [6, 6.07) is 7.40. The van der Waals surface area contributed by atoms with Crippen LogP contribution in [0.5, 0.6) is 0 Å². The Labute approximate surface area is 103 Å². The van der Waals surface area contributed by atoms with Gasteiger partial charge >= 0.3 is 5.97 Å². The Bertz CT molecular complexity index is 374. The average Bonchev–Trinajstić information content (AvgIpc) is 2.28. The molecule has 0 radical (unpaired) electrons. The number of hydrogen-bond donors (Lipinski definition) is 2. The number of nitrogens with one attached hydrogen (secondary N) is 1. The van der Waals surface area contributed by atoms with E-state index in [1.807, 2.05) is 31.2 Å². The Morgan fingerprint density at radius 3 is 2.53 bits per heavy atom. The van der Waals surface area contributed by atoms with Gasteiger partial charge in [0.1, 0.15) is 6.04 Å². The van der Waals surface area contributed by atoms with Gasteiger partial charge in [-0.1, -0.05) is 45.4 Å². The minimum atomic E-state index is -0.787. The van der Waals surface area contributed by atoms with Crippen molar-refractivity contribution in [2.75, 3.05) is 5.32 Å². The van der Waals surface area contributed by atoms with E-state index < -0.39 is 12.0 Å². The first-order chi connectivity index (χ1) is 8.06. The molecule has 0 saturated heterocycles. The molecule has 0 heterocycles. The summed E-state index contributed by atoms with van der Waals surface area (Å²) in [5, 5.41) is 12.3. The molecule has 0 aliphatic heterocycles. The molecule has 1 aromatic rings. The Morgan fingerprint density at radius 2 is 2.00 bits per heavy atom. The minimum Gasteiger partial charge on any atom is -0.480 e. The number of hydrogen-bond acceptors (Lipinski definition) is 2. The normalized spacial score (nSPS) is 12.5. The molecule has 1 atom stereocenters. The molecule has 0 aliphatic rings. The van der Waals surface area contributed by atoms with Crippen LogP contribution in [0.15, 0.2) is 24.3 Å². The molecular formula is C14H21NO2. The molecule has 1 aromatic carbocycles. The maximum atomic E-state index is 11.1. The van der Waals surface area contributed by atoms with Crippen LogP contribution in [0.4, 0.5) is 5.69 Å². The summed E-state index contributed by atoms with van der Waals surface area (Å²) in [5.74, 6) is -0.403. The maximum absolute atomic E-state index is 11.1. The minimum absolute atomic E-state index is 0.384. The van der Waals surface area contributed by atoms with Crippen LogP contribution in [0.2, 0.25) is 0 Å². The molecule has 2 N–H and O–H groups in total. The van der Waals surface area contributed by atoms with E-state index in [0.717, 1.165) is 17.7 Å². The Balaban J connectivity index is 2.88. The van der Waals surface area contributed by atoms with E-state index in [0.29, 0.717) is 12.3 Å². The molecule has 0 saturated carbocycles. The lowest BCUT2D eigenvalue weighted by Gasteiger charge is -2.19. The summed E-state index contributed by atoms with van der Waals surface area (Å²) < 4.78 is 0. The van der Waals surface area contributed by atoms with Crippen LogP contribution in [-0.4, -0.2) is 17.1 Å².